The Morgan fingerprint density at radius 3 is 2.33 bits per heavy atom. The highest BCUT2D eigenvalue weighted by Gasteiger charge is 2.14. The number of aromatic hydroxyl groups is 1. The molecular weight excluding hydrogens is 300 g/mol. The lowest BCUT2D eigenvalue weighted by Gasteiger charge is -2.03. The third kappa shape index (κ3) is 1.78. The van der Waals surface area contributed by atoms with Crippen molar-refractivity contribution in [2.45, 2.75) is 0 Å². The van der Waals surface area contributed by atoms with Gasteiger partial charge in [0.25, 0.3) is 0 Å². The Hall–Kier alpha value is -3.47. The van der Waals surface area contributed by atoms with Crippen molar-refractivity contribution in [2.24, 2.45) is 0 Å². The van der Waals surface area contributed by atoms with Crippen molar-refractivity contribution in [1.82, 2.24) is 19.9 Å². The Morgan fingerprint density at radius 2 is 1.54 bits per heavy atom. The molecule has 0 saturated heterocycles. The first kappa shape index (κ1) is 13.0. The van der Waals surface area contributed by atoms with Crippen molar-refractivity contribution in [3.8, 4) is 17.1 Å². The van der Waals surface area contributed by atoms with Gasteiger partial charge < -0.3 is 10.1 Å². The maximum atomic E-state index is 9.73. The summed E-state index contributed by atoms with van der Waals surface area (Å²) in [4.78, 5) is 17.2. The van der Waals surface area contributed by atoms with Crippen LogP contribution in [-0.2, 0) is 0 Å². The van der Waals surface area contributed by atoms with Gasteiger partial charge in [0.1, 0.15) is 11.6 Å². The van der Waals surface area contributed by atoms with Gasteiger partial charge in [-0.25, -0.2) is 4.98 Å². The van der Waals surface area contributed by atoms with Gasteiger partial charge in [0.05, 0.1) is 22.1 Å². The molecule has 5 heteroatoms. The summed E-state index contributed by atoms with van der Waals surface area (Å²) in [7, 11) is 0. The summed E-state index contributed by atoms with van der Waals surface area (Å²) in [5, 5.41) is 11.7. The number of fused-ring (bicyclic) bond motifs is 6. The Kier molecular flexibility index (Phi) is 2.58. The number of H-pyrrole nitrogens is 1. The van der Waals surface area contributed by atoms with E-state index in [1.54, 1.807) is 30.6 Å². The number of aromatic nitrogens is 4. The molecule has 0 spiro atoms. The van der Waals surface area contributed by atoms with E-state index in [0.717, 1.165) is 38.4 Å². The number of rotatable bonds is 1. The van der Waals surface area contributed by atoms with E-state index < -0.39 is 0 Å². The van der Waals surface area contributed by atoms with Crippen LogP contribution in [0, 0.1) is 0 Å². The Balaban J connectivity index is 1.95. The number of hydrogen-bond donors (Lipinski definition) is 2. The molecule has 0 atom stereocenters. The van der Waals surface area contributed by atoms with Crippen LogP contribution in [0.5, 0.6) is 5.75 Å². The largest absolute Gasteiger partial charge is 0.508 e. The van der Waals surface area contributed by atoms with Gasteiger partial charge in [-0.3, -0.25) is 9.97 Å². The zero-order chi connectivity index (χ0) is 16.1. The second-order valence-electron chi connectivity index (χ2n) is 5.66. The van der Waals surface area contributed by atoms with Crippen LogP contribution in [0.1, 0.15) is 0 Å². The molecular formula is C19H12N4O. The molecule has 0 unspecified atom stereocenters. The zero-order valence-electron chi connectivity index (χ0n) is 12.6. The number of aromatic amines is 1. The molecule has 0 aliphatic carbocycles. The summed E-state index contributed by atoms with van der Waals surface area (Å²) in [6, 6.07) is 14.9. The first-order valence-corrected chi connectivity index (χ1v) is 7.62. The highest BCUT2D eigenvalue weighted by molar-refractivity contribution is 6.20. The summed E-state index contributed by atoms with van der Waals surface area (Å²) >= 11 is 0. The fourth-order valence-electron chi connectivity index (χ4n) is 3.13. The lowest BCUT2D eigenvalue weighted by Crippen LogP contribution is -1.86. The minimum atomic E-state index is 0.214. The fraction of sp³-hybridized carbons (Fsp3) is 0. The summed E-state index contributed by atoms with van der Waals surface area (Å²) in [6.07, 6.45) is 3.54. The third-order valence-electron chi connectivity index (χ3n) is 4.19. The van der Waals surface area contributed by atoms with Crippen molar-refractivity contribution >= 4 is 32.8 Å². The quantitative estimate of drug-likeness (QED) is 0.458. The topological polar surface area (TPSA) is 74.7 Å². The summed E-state index contributed by atoms with van der Waals surface area (Å²) in [6.45, 7) is 0. The molecule has 2 N–H and O–H groups in total. The van der Waals surface area contributed by atoms with E-state index in [2.05, 4.69) is 15.0 Å². The van der Waals surface area contributed by atoms with Gasteiger partial charge in [-0.2, -0.15) is 0 Å². The van der Waals surface area contributed by atoms with Crippen molar-refractivity contribution in [3.05, 3.63) is 60.9 Å². The number of pyridine rings is 2. The van der Waals surface area contributed by atoms with Crippen LogP contribution in [0.15, 0.2) is 60.9 Å². The van der Waals surface area contributed by atoms with Gasteiger partial charge >= 0.3 is 0 Å². The van der Waals surface area contributed by atoms with Crippen molar-refractivity contribution in [1.29, 1.82) is 0 Å². The molecule has 0 amide bonds. The zero-order valence-corrected chi connectivity index (χ0v) is 12.6. The second kappa shape index (κ2) is 4.76. The van der Waals surface area contributed by atoms with Gasteiger partial charge in [0, 0.05) is 28.7 Å². The summed E-state index contributed by atoms with van der Waals surface area (Å²) in [5.41, 5.74) is 4.32. The minimum Gasteiger partial charge on any atom is -0.508 e. The molecule has 3 aromatic heterocycles. The predicted octanol–water partition coefficient (Wildman–Crippen LogP) is 4.03. The molecule has 2 aromatic carbocycles. The van der Waals surface area contributed by atoms with Crippen LogP contribution in [0.25, 0.3) is 44.2 Å². The van der Waals surface area contributed by atoms with Crippen LogP contribution in [-0.4, -0.2) is 25.0 Å². The highest BCUT2D eigenvalue weighted by atomic mass is 16.3. The number of phenolic OH excluding ortho intramolecular Hbond substituents is 1. The highest BCUT2D eigenvalue weighted by Crippen LogP contribution is 2.33. The normalized spacial score (nSPS) is 11.5. The molecule has 0 saturated carbocycles. The van der Waals surface area contributed by atoms with Gasteiger partial charge in [-0.1, -0.05) is 12.1 Å². The maximum absolute atomic E-state index is 9.73. The molecule has 0 aliphatic rings. The minimum absolute atomic E-state index is 0.214. The molecule has 24 heavy (non-hydrogen) atoms. The average Bonchev–Trinajstić information content (AvgIpc) is 3.08. The van der Waals surface area contributed by atoms with Gasteiger partial charge in [-0.15, -0.1) is 0 Å². The molecule has 0 fully saturated rings. The van der Waals surface area contributed by atoms with E-state index in [-0.39, 0.29) is 5.75 Å². The Bertz CT molecular complexity index is 1150. The monoisotopic (exact) mass is 312 g/mol. The van der Waals surface area contributed by atoms with E-state index in [4.69, 9.17) is 4.98 Å². The molecule has 3 heterocycles. The summed E-state index contributed by atoms with van der Waals surface area (Å²) in [5.74, 6) is 0.924. The van der Waals surface area contributed by atoms with E-state index >= 15 is 0 Å². The molecule has 5 nitrogen and oxygen atoms in total. The van der Waals surface area contributed by atoms with E-state index in [9.17, 15) is 5.11 Å². The molecule has 0 aliphatic heterocycles. The van der Waals surface area contributed by atoms with Crippen LogP contribution in [0.4, 0.5) is 0 Å². The number of hydrogen-bond acceptors (Lipinski definition) is 4. The molecule has 5 aromatic rings. The average molecular weight is 312 g/mol. The van der Waals surface area contributed by atoms with Crippen LogP contribution in [0.2, 0.25) is 0 Å². The summed E-state index contributed by atoms with van der Waals surface area (Å²) < 4.78 is 0. The van der Waals surface area contributed by atoms with Crippen molar-refractivity contribution < 1.29 is 5.11 Å². The maximum Gasteiger partial charge on any atom is 0.138 e. The molecule has 0 radical (unpaired) electrons. The fourth-order valence-corrected chi connectivity index (χ4v) is 3.13. The smallest absolute Gasteiger partial charge is 0.138 e. The Morgan fingerprint density at radius 1 is 0.792 bits per heavy atom. The number of phenols is 1. The lowest BCUT2D eigenvalue weighted by molar-refractivity contribution is 0.475. The van der Waals surface area contributed by atoms with Gasteiger partial charge in [-0.05, 0) is 36.4 Å². The first-order valence-electron chi connectivity index (χ1n) is 7.62. The third-order valence-corrected chi connectivity index (χ3v) is 4.19. The number of benzene rings is 2. The van der Waals surface area contributed by atoms with Gasteiger partial charge in [0.15, 0.2) is 0 Å². The Labute approximate surface area is 136 Å². The van der Waals surface area contributed by atoms with Crippen LogP contribution in [0.3, 0.4) is 0 Å². The van der Waals surface area contributed by atoms with Gasteiger partial charge in [0.2, 0.25) is 0 Å². The first-order chi connectivity index (χ1) is 11.8. The number of nitrogens with zero attached hydrogens (tertiary/aromatic N) is 3. The number of imidazole rings is 1. The number of nitrogens with one attached hydrogen (secondary N) is 1. The SMILES string of the molecule is Oc1cccc(-c2nc3c4cccnc4c4ncccc4c3[nH]2)c1. The molecule has 114 valence electrons. The molecule has 5 rings (SSSR count). The van der Waals surface area contributed by atoms with E-state index in [1.807, 2.05) is 30.3 Å². The van der Waals surface area contributed by atoms with Crippen LogP contribution < -0.4 is 0 Å². The van der Waals surface area contributed by atoms with E-state index in [1.165, 1.54) is 0 Å². The van der Waals surface area contributed by atoms with Crippen molar-refractivity contribution in [2.75, 3.05) is 0 Å². The van der Waals surface area contributed by atoms with E-state index in [0.29, 0.717) is 5.82 Å². The predicted molar refractivity (Wildman–Crippen MR) is 93.8 cm³/mol. The lowest BCUT2D eigenvalue weighted by atomic mass is 10.1. The van der Waals surface area contributed by atoms with Crippen LogP contribution >= 0.6 is 0 Å². The standard InChI is InChI=1S/C19H12N4O/c24-12-5-1-4-11(10-12)19-22-17-13-6-2-8-20-15(13)16-14(18(17)23-19)7-3-9-21-16/h1-10,24H,(H,22,23). The molecule has 0 bridgehead atoms. The second-order valence-corrected chi connectivity index (χ2v) is 5.66. The van der Waals surface area contributed by atoms with Crippen molar-refractivity contribution in [3.63, 3.8) is 0 Å².